The molecule has 1 amide bonds. The van der Waals surface area contributed by atoms with E-state index in [9.17, 15) is 27.3 Å². The monoisotopic (exact) mass is 575 g/mol. The summed E-state index contributed by atoms with van der Waals surface area (Å²) in [4.78, 5) is 10.9. The van der Waals surface area contributed by atoms with E-state index >= 15 is 0 Å². The maximum atomic E-state index is 13.1. The van der Waals surface area contributed by atoms with Crippen LogP contribution in [0.2, 0.25) is 0 Å². The lowest BCUT2D eigenvalue weighted by atomic mass is 10.1. The fourth-order valence-electron chi connectivity index (χ4n) is 2.75. The summed E-state index contributed by atoms with van der Waals surface area (Å²) in [6.07, 6.45) is -0.677. The number of nitrogens with zero attached hydrogens (tertiary/aromatic N) is 3. The van der Waals surface area contributed by atoms with Crippen LogP contribution in [0, 0.1) is 13.8 Å². The molecule has 0 saturated heterocycles. The van der Waals surface area contributed by atoms with E-state index < -0.39 is 28.7 Å². The Balaban J connectivity index is 0.00000125. The number of alkyl halides is 3. The standard InChI is InChI=1S/C18H19F3N4O3S.C3H7NO.C3H8.C2H6/c1-9-6-13(28-11(9)3)8-22-16-17(25-29(27)24-16)23-12-4-5-14(18(19,20)21)10(2)15(26)7-12;1-4(2)3-5;1-3-2;1-2/h4-6,26H,7-8H2,1-3H3,(H,22,24)(H,23,25);3H,1-2H3;3H2,1-2H3;1-2H3. The molecule has 220 valence electrons. The maximum absolute atomic E-state index is 13.1. The number of hydrogen-bond acceptors (Lipinski definition) is 6. The minimum absolute atomic E-state index is 0.101. The van der Waals surface area contributed by atoms with Crippen molar-refractivity contribution in [2.45, 2.75) is 74.0 Å². The molecule has 1 aromatic rings. The van der Waals surface area contributed by atoms with Crippen LogP contribution in [0.3, 0.4) is 0 Å². The lowest BCUT2D eigenvalue weighted by Gasteiger charge is -2.13. The van der Waals surface area contributed by atoms with Gasteiger partial charge in [-0.1, -0.05) is 34.1 Å². The lowest BCUT2D eigenvalue weighted by molar-refractivity contribution is -0.115. The van der Waals surface area contributed by atoms with Gasteiger partial charge in [0.05, 0.1) is 12.1 Å². The minimum atomic E-state index is -4.59. The van der Waals surface area contributed by atoms with Gasteiger partial charge in [-0.2, -0.15) is 13.2 Å². The van der Waals surface area contributed by atoms with E-state index in [-0.39, 0.29) is 35.9 Å². The Bertz CT molecular complexity index is 1110. The fraction of sp³-hybridized carbons (Fsp3) is 0.500. The Morgan fingerprint density at radius 3 is 2.13 bits per heavy atom. The maximum Gasteiger partial charge on any atom is 0.416 e. The van der Waals surface area contributed by atoms with Gasteiger partial charge in [0, 0.05) is 26.2 Å². The molecule has 1 aliphatic carbocycles. The highest BCUT2D eigenvalue weighted by molar-refractivity contribution is 7.83. The Morgan fingerprint density at radius 1 is 1.13 bits per heavy atom. The molecule has 0 fully saturated rings. The normalized spacial score (nSPS) is 16.4. The molecule has 0 bridgehead atoms. The molecule has 0 aromatic carbocycles. The summed E-state index contributed by atoms with van der Waals surface area (Å²) in [5.41, 5.74) is 0.0505. The van der Waals surface area contributed by atoms with E-state index in [1.54, 1.807) is 14.1 Å². The summed E-state index contributed by atoms with van der Waals surface area (Å²) in [7, 11) is 3.38. The van der Waals surface area contributed by atoms with Gasteiger partial charge < -0.3 is 25.1 Å². The van der Waals surface area contributed by atoms with Gasteiger partial charge >= 0.3 is 6.18 Å². The molecule has 1 unspecified atom stereocenters. The Morgan fingerprint density at radius 2 is 1.67 bits per heavy atom. The third-order valence-corrected chi connectivity index (χ3v) is 5.33. The number of carbonyl (C=O) groups is 1. The van der Waals surface area contributed by atoms with Gasteiger partial charge in [0.15, 0.2) is 11.7 Å². The van der Waals surface area contributed by atoms with Crippen molar-refractivity contribution in [1.29, 1.82) is 0 Å². The number of nitrogens with one attached hydrogen (secondary N) is 2. The highest BCUT2D eigenvalue weighted by Crippen LogP contribution is 2.34. The van der Waals surface area contributed by atoms with Gasteiger partial charge in [0.25, 0.3) is 11.2 Å². The highest BCUT2D eigenvalue weighted by Gasteiger charge is 2.36. The van der Waals surface area contributed by atoms with Gasteiger partial charge in [-0.25, -0.2) is 4.21 Å². The molecule has 0 radical (unpaired) electrons. The predicted octanol–water partition coefficient (Wildman–Crippen LogP) is 5.72. The number of aliphatic hydroxyl groups is 1. The number of furan rings is 1. The van der Waals surface area contributed by atoms with Crippen molar-refractivity contribution in [3.05, 3.63) is 57.9 Å². The van der Waals surface area contributed by atoms with Crippen LogP contribution in [-0.4, -0.2) is 52.6 Å². The largest absolute Gasteiger partial charge is 0.512 e. The molecular weight excluding hydrogens is 535 g/mol. The predicted molar refractivity (Wildman–Crippen MR) is 150 cm³/mol. The second-order valence-electron chi connectivity index (χ2n) is 8.34. The molecule has 1 aliphatic heterocycles. The van der Waals surface area contributed by atoms with Crippen molar-refractivity contribution in [1.82, 2.24) is 15.5 Å². The molecule has 39 heavy (non-hydrogen) atoms. The number of amides is 1. The molecular formula is C26H40F3N5O4S. The van der Waals surface area contributed by atoms with Crippen LogP contribution in [0.4, 0.5) is 13.2 Å². The SMILES string of the molecule is CC.CC1=C(O)CC(NC2=NS(=O)N=C2NCc2cc(C)c(C)o2)=CC=C1C(F)(F)F.CCC.CN(C)C=O. The summed E-state index contributed by atoms with van der Waals surface area (Å²) in [5, 5.41) is 15.8. The van der Waals surface area contributed by atoms with Crippen molar-refractivity contribution in [2.75, 3.05) is 14.1 Å². The third-order valence-electron chi connectivity index (χ3n) is 4.65. The van der Waals surface area contributed by atoms with Crippen molar-refractivity contribution in [3.63, 3.8) is 0 Å². The van der Waals surface area contributed by atoms with E-state index in [1.165, 1.54) is 24.3 Å². The first-order valence-corrected chi connectivity index (χ1v) is 13.4. The van der Waals surface area contributed by atoms with Crippen molar-refractivity contribution in [3.8, 4) is 0 Å². The van der Waals surface area contributed by atoms with Gasteiger partial charge in [0.1, 0.15) is 17.3 Å². The zero-order chi connectivity index (χ0) is 30.3. The molecule has 3 N–H and O–H groups in total. The Kier molecular flexibility index (Phi) is 15.8. The van der Waals surface area contributed by atoms with Crippen LogP contribution < -0.4 is 10.6 Å². The van der Waals surface area contributed by atoms with Crippen LogP contribution in [-0.2, 0) is 22.5 Å². The molecule has 1 aromatic heterocycles. The van der Waals surface area contributed by atoms with Gasteiger partial charge in [-0.3, -0.25) is 4.79 Å². The first-order valence-electron chi connectivity index (χ1n) is 12.4. The number of amidine groups is 2. The fourth-order valence-corrected chi connectivity index (χ4v) is 3.39. The van der Waals surface area contributed by atoms with Crippen LogP contribution in [0.5, 0.6) is 0 Å². The molecule has 2 heterocycles. The van der Waals surface area contributed by atoms with E-state index in [0.29, 0.717) is 5.76 Å². The highest BCUT2D eigenvalue weighted by atomic mass is 32.2. The number of halogens is 3. The quantitative estimate of drug-likeness (QED) is 0.395. The number of aliphatic hydroxyl groups excluding tert-OH is 1. The number of hydrogen-bond donors (Lipinski definition) is 3. The number of allylic oxidation sites excluding steroid dienone is 4. The second kappa shape index (κ2) is 17.3. The molecule has 9 nitrogen and oxygen atoms in total. The summed E-state index contributed by atoms with van der Waals surface area (Å²) >= 11 is -1.86. The Hall–Kier alpha value is -3.35. The summed E-state index contributed by atoms with van der Waals surface area (Å²) in [6, 6.07) is 1.85. The lowest BCUT2D eigenvalue weighted by Crippen LogP contribution is -2.37. The zero-order valence-electron chi connectivity index (χ0n) is 24.0. The first kappa shape index (κ1) is 35.6. The molecule has 1 atom stereocenters. The molecule has 0 spiro atoms. The van der Waals surface area contributed by atoms with E-state index in [4.69, 9.17) is 4.42 Å². The minimum Gasteiger partial charge on any atom is -0.512 e. The molecule has 0 saturated carbocycles. The van der Waals surface area contributed by atoms with Crippen molar-refractivity contribution in [2.24, 2.45) is 8.80 Å². The zero-order valence-corrected chi connectivity index (χ0v) is 24.8. The average molecular weight is 576 g/mol. The van der Waals surface area contributed by atoms with Crippen LogP contribution >= 0.6 is 0 Å². The van der Waals surface area contributed by atoms with E-state index in [1.807, 2.05) is 33.8 Å². The average Bonchev–Trinajstić information content (AvgIpc) is 3.33. The number of carbonyl (C=O) groups excluding carboxylic acids is 1. The third kappa shape index (κ3) is 12.4. The summed E-state index contributed by atoms with van der Waals surface area (Å²) in [6.45, 7) is 13.4. The van der Waals surface area contributed by atoms with Crippen LogP contribution in [0.25, 0.3) is 0 Å². The summed E-state index contributed by atoms with van der Waals surface area (Å²) in [5.74, 6) is 1.28. The second-order valence-corrected chi connectivity index (χ2v) is 9.16. The van der Waals surface area contributed by atoms with Crippen LogP contribution in [0.15, 0.2) is 54.0 Å². The van der Waals surface area contributed by atoms with Gasteiger partial charge in [-0.15, -0.1) is 8.80 Å². The van der Waals surface area contributed by atoms with E-state index in [0.717, 1.165) is 23.8 Å². The van der Waals surface area contributed by atoms with Crippen molar-refractivity contribution >= 4 is 29.3 Å². The number of rotatable bonds is 4. The van der Waals surface area contributed by atoms with Gasteiger partial charge in [0.2, 0.25) is 6.41 Å². The van der Waals surface area contributed by atoms with Crippen LogP contribution in [0.1, 0.15) is 64.5 Å². The topological polar surface area (TPSA) is 120 Å². The number of aryl methyl sites for hydroxylation is 2. The first-order chi connectivity index (χ1) is 18.2. The van der Waals surface area contributed by atoms with E-state index in [2.05, 4.69) is 33.3 Å². The summed E-state index contributed by atoms with van der Waals surface area (Å²) < 4.78 is 64.3. The van der Waals surface area contributed by atoms with Crippen molar-refractivity contribution < 1.29 is 31.7 Å². The Labute approximate surface area is 231 Å². The van der Waals surface area contributed by atoms with Gasteiger partial charge in [-0.05, 0) is 50.1 Å². The molecule has 2 aliphatic rings. The smallest absolute Gasteiger partial charge is 0.416 e. The molecule has 3 rings (SSSR count). The molecule has 13 heteroatoms.